The van der Waals surface area contributed by atoms with Crippen LogP contribution in [0, 0.1) is 0 Å². The number of hydrogen-bond donors (Lipinski definition) is 2. The minimum Gasteiger partial charge on any atom is -0.467 e. The molecule has 2 rings (SSSR count). The van der Waals surface area contributed by atoms with Crippen LogP contribution < -0.4 is 11.1 Å². The van der Waals surface area contributed by atoms with Crippen LogP contribution in [-0.2, 0) is 4.79 Å². The topological polar surface area (TPSA) is 68.3 Å². The summed E-state index contributed by atoms with van der Waals surface area (Å²) >= 11 is 0. The Labute approximate surface area is 119 Å². The Morgan fingerprint density at radius 2 is 1.95 bits per heavy atom. The fourth-order valence-electron chi connectivity index (χ4n) is 2.05. The highest BCUT2D eigenvalue weighted by Gasteiger charge is 2.22. The minimum absolute atomic E-state index is 0.0947. The van der Waals surface area contributed by atoms with Gasteiger partial charge < -0.3 is 15.5 Å². The van der Waals surface area contributed by atoms with E-state index in [1.54, 1.807) is 6.26 Å². The predicted molar refractivity (Wildman–Crippen MR) is 78.0 cm³/mol. The molecule has 1 atom stereocenters. The summed E-state index contributed by atoms with van der Waals surface area (Å²) in [6.07, 6.45) is 1.86. The van der Waals surface area contributed by atoms with E-state index in [1.807, 2.05) is 56.3 Å². The summed E-state index contributed by atoms with van der Waals surface area (Å²) in [4.78, 5) is 12.1. The van der Waals surface area contributed by atoms with Gasteiger partial charge in [0.15, 0.2) is 0 Å². The second-order valence-electron chi connectivity index (χ2n) is 5.59. The smallest absolute Gasteiger partial charge is 0.222 e. The molecular weight excluding hydrogens is 252 g/mol. The standard InChI is InChI=1S/C16H20N2O2/c1-16(2,17)11-14(19)18-15(13-9-6-10-20-13)12-7-4-3-5-8-12/h3-10,15H,11,17H2,1-2H3,(H,18,19). The van der Waals surface area contributed by atoms with E-state index in [0.717, 1.165) is 5.56 Å². The summed E-state index contributed by atoms with van der Waals surface area (Å²) in [6, 6.07) is 13.1. The van der Waals surface area contributed by atoms with Gasteiger partial charge in [-0.15, -0.1) is 0 Å². The molecule has 0 bridgehead atoms. The molecular formula is C16H20N2O2. The van der Waals surface area contributed by atoms with Crippen LogP contribution in [0.5, 0.6) is 0 Å². The molecule has 0 fully saturated rings. The van der Waals surface area contributed by atoms with Crippen molar-refractivity contribution in [3.63, 3.8) is 0 Å². The van der Waals surface area contributed by atoms with E-state index < -0.39 is 5.54 Å². The molecule has 1 amide bonds. The van der Waals surface area contributed by atoms with E-state index in [1.165, 1.54) is 0 Å². The predicted octanol–water partition coefficient (Wildman–Crippen LogP) is 2.61. The van der Waals surface area contributed by atoms with Crippen LogP contribution in [0.1, 0.15) is 37.6 Å². The summed E-state index contributed by atoms with van der Waals surface area (Å²) in [7, 11) is 0. The van der Waals surface area contributed by atoms with Gasteiger partial charge in [-0.3, -0.25) is 4.79 Å². The molecule has 1 aromatic heterocycles. The van der Waals surface area contributed by atoms with E-state index in [9.17, 15) is 4.79 Å². The van der Waals surface area contributed by atoms with Crippen molar-refractivity contribution in [3.05, 3.63) is 60.1 Å². The lowest BCUT2D eigenvalue weighted by Crippen LogP contribution is -2.40. The average Bonchev–Trinajstić information content (AvgIpc) is 2.88. The van der Waals surface area contributed by atoms with Crippen molar-refractivity contribution < 1.29 is 9.21 Å². The van der Waals surface area contributed by atoms with Crippen LogP contribution in [0.15, 0.2) is 53.1 Å². The fourth-order valence-corrected chi connectivity index (χ4v) is 2.05. The first-order valence-corrected chi connectivity index (χ1v) is 6.62. The first-order valence-electron chi connectivity index (χ1n) is 6.62. The van der Waals surface area contributed by atoms with Crippen LogP contribution in [-0.4, -0.2) is 11.4 Å². The molecule has 0 saturated heterocycles. The molecule has 0 aliphatic rings. The van der Waals surface area contributed by atoms with Crippen molar-refractivity contribution in [2.24, 2.45) is 5.73 Å². The van der Waals surface area contributed by atoms with E-state index in [2.05, 4.69) is 5.32 Å². The number of amides is 1. The maximum atomic E-state index is 12.1. The first-order chi connectivity index (χ1) is 9.46. The Morgan fingerprint density at radius 3 is 2.50 bits per heavy atom. The van der Waals surface area contributed by atoms with E-state index >= 15 is 0 Å². The number of furan rings is 1. The molecule has 1 aromatic carbocycles. The van der Waals surface area contributed by atoms with Gasteiger partial charge in [-0.1, -0.05) is 30.3 Å². The Hall–Kier alpha value is -2.07. The van der Waals surface area contributed by atoms with E-state index in [0.29, 0.717) is 5.76 Å². The van der Waals surface area contributed by atoms with Gasteiger partial charge in [0, 0.05) is 12.0 Å². The number of rotatable bonds is 5. The van der Waals surface area contributed by atoms with Gasteiger partial charge in [0.05, 0.1) is 6.26 Å². The lowest BCUT2D eigenvalue weighted by molar-refractivity contribution is -0.122. The monoisotopic (exact) mass is 272 g/mol. The Morgan fingerprint density at radius 1 is 1.25 bits per heavy atom. The Bertz CT molecular complexity index is 542. The van der Waals surface area contributed by atoms with Gasteiger partial charge >= 0.3 is 0 Å². The largest absolute Gasteiger partial charge is 0.467 e. The van der Waals surface area contributed by atoms with Crippen molar-refractivity contribution in [1.82, 2.24) is 5.32 Å². The summed E-state index contributed by atoms with van der Waals surface area (Å²) in [5.74, 6) is 0.613. The van der Waals surface area contributed by atoms with Gasteiger partial charge in [-0.2, -0.15) is 0 Å². The molecule has 106 valence electrons. The van der Waals surface area contributed by atoms with Gasteiger partial charge in [-0.05, 0) is 31.5 Å². The first kappa shape index (κ1) is 14.3. The third-order valence-electron chi connectivity index (χ3n) is 2.88. The van der Waals surface area contributed by atoms with Gasteiger partial charge in [0.2, 0.25) is 5.91 Å². The van der Waals surface area contributed by atoms with Gasteiger partial charge in [0.25, 0.3) is 0 Å². The molecule has 0 radical (unpaired) electrons. The van der Waals surface area contributed by atoms with Crippen LogP contribution in [0.3, 0.4) is 0 Å². The van der Waals surface area contributed by atoms with Crippen LogP contribution in [0.2, 0.25) is 0 Å². The van der Waals surface area contributed by atoms with Crippen molar-refractivity contribution in [2.45, 2.75) is 31.8 Å². The summed E-state index contributed by atoms with van der Waals surface area (Å²) in [6.45, 7) is 3.66. The van der Waals surface area contributed by atoms with Crippen LogP contribution >= 0.6 is 0 Å². The lowest BCUT2D eigenvalue weighted by atomic mass is 10.00. The third-order valence-corrected chi connectivity index (χ3v) is 2.88. The minimum atomic E-state index is -0.533. The molecule has 1 unspecified atom stereocenters. The summed E-state index contributed by atoms with van der Waals surface area (Å²) in [5, 5.41) is 2.98. The molecule has 20 heavy (non-hydrogen) atoms. The lowest BCUT2D eigenvalue weighted by Gasteiger charge is -2.21. The molecule has 1 heterocycles. The van der Waals surface area contributed by atoms with Crippen LogP contribution in [0.25, 0.3) is 0 Å². The quantitative estimate of drug-likeness (QED) is 0.879. The Kier molecular flexibility index (Phi) is 4.25. The highest BCUT2D eigenvalue weighted by Crippen LogP contribution is 2.22. The molecule has 0 spiro atoms. The van der Waals surface area contributed by atoms with Crippen molar-refractivity contribution >= 4 is 5.91 Å². The number of carbonyl (C=O) groups is 1. The maximum absolute atomic E-state index is 12.1. The number of nitrogens with one attached hydrogen (secondary N) is 1. The normalized spacial score (nSPS) is 12.9. The molecule has 4 nitrogen and oxygen atoms in total. The number of hydrogen-bond acceptors (Lipinski definition) is 3. The summed E-state index contributed by atoms with van der Waals surface area (Å²) < 4.78 is 5.44. The number of carbonyl (C=O) groups excluding carboxylic acids is 1. The number of benzene rings is 1. The highest BCUT2D eigenvalue weighted by molar-refractivity contribution is 5.78. The zero-order valence-electron chi connectivity index (χ0n) is 11.8. The molecule has 0 aliphatic carbocycles. The number of nitrogens with two attached hydrogens (primary N) is 1. The molecule has 3 N–H and O–H groups in total. The third kappa shape index (κ3) is 3.96. The maximum Gasteiger partial charge on any atom is 0.222 e. The zero-order chi connectivity index (χ0) is 14.6. The van der Waals surface area contributed by atoms with Gasteiger partial charge in [-0.25, -0.2) is 0 Å². The van der Waals surface area contributed by atoms with Crippen LogP contribution in [0.4, 0.5) is 0 Å². The molecule has 0 aliphatic heterocycles. The highest BCUT2D eigenvalue weighted by atomic mass is 16.3. The van der Waals surface area contributed by atoms with Crippen molar-refractivity contribution in [2.75, 3.05) is 0 Å². The molecule has 0 saturated carbocycles. The second-order valence-corrected chi connectivity index (χ2v) is 5.59. The zero-order valence-corrected chi connectivity index (χ0v) is 11.8. The van der Waals surface area contributed by atoms with E-state index in [-0.39, 0.29) is 18.4 Å². The van der Waals surface area contributed by atoms with Crippen molar-refractivity contribution in [1.29, 1.82) is 0 Å². The fraction of sp³-hybridized carbons (Fsp3) is 0.312. The molecule has 2 aromatic rings. The SMILES string of the molecule is CC(C)(N)CC(=O)NC(c1ccccc1)c1ccco1. The van der Waals surface area contributed by atoms with Gasteiger partial charge in [0.1, 0.15) is 11.8 Å². The summed E-state index contributed by atoms with van der Waals surface area (Å²) in [5.41, 5.74) is 6.33. The van der Waals surface area contributed by atoms with Crippen molar-refractivity contribution in [3.8, 4) is 0 Å². The molecule has 4 heteroatoms. The van der Waals surface area contributed by atoms with E-state index in [4.69, 9.17) is 10.2 Å². The Balaban J connectivity index is 2.19. The second kappa shape index (κ2) is 5.92. The average molecular weight is 272 g/mol.